The van der Waals surface area contributed by atoms with E-state index in [1.54, 1.807) is 14.0 Å². The molecule has 1 aliphatic rings. The van der Waals surface area contributed by atoms with E-state index in [1.807, 2.05) is 17.0 Å². The fourth-order valence-electron chi connectivity index (χ4n) is 2.62. The maximum Gasteiger partial charge on any atom is 0.239 e. The third kappa shape index (κ3) is 3.87. The molecule has 5 heteroatoms. The standard InChI is InChI=1S/C15H22N2O2.ClH/c1-11(16)15(18)17-8-6-12(7-9-17)13-4-3-5-14(10-13)19-2;/h3-5,10-12H,6-9,16H2,1-2H3;1H/t11-;/m1./s1. The highest BCUT2D eigenvalue weighted by molar-refractivity contribution is 5.85. The summed E-state index contributed by atoms with van der Waals surface area (Å²) in [5.41, 5.74) is 6.94. The van der Waals surface area contributed by atoms with E-state index in [0.717, 1.165) is 31.7 Å². The minimum absolute atomic E-state index is 0. The first-order valence-electron chi connectivity index (χ1n) is 6.80. The first kappa shape index (κ1) is 16.8. The fraction of sp³-hybridized carbons (Fsp3) is 0.533. The molecular weight excluding hydrogens is 276 g/mol. The van der Waals surface area contributed by atoms with Crippen LogP contribution in [0.15, 0.2) is 24.3 Å². The molecule has 1 fully saturated rings. The van der Waals surface area contributed by atoms with Crippen molar-refractivity contribution in [2.24, 2.45) is 5.73 Å². The summed E-state index contributed by atoms with van der Waals surface area (Å²) >= 11 is 0. The Bertz CT molecular complexity index is 443. The summed E-state index contributed by atoms with van der Waals surface area (Å²) in [6.07, 6.45) is 1.98. The predicted octanol–water partition coefficient (Wildman–Crippen LogP) is 2.17. The van der Waals surface area contributed by atoms with Crippen molar-refractivity contribution in [3.63, 3.8) is 0 Å². The van der Waals surface area contributed by atoms with Gasteiger partial charge in [0.05, 0.1) is 13.2 Å². The van der Waals surface area contributed by atoms with Crippen molar-refractivity contribution < 1.29 is 9.53 Å². The van der Waals surface area contributed by atoms with Gasteiger partial charge in [-0.25, -0.2) is 0 Å². The van der Waals surface area contributed by atoms with Gasteiger partial charge in [-0.15, -0.1) is 12.4 Å². The van der Waals surface area contributed by atoms with E-state index in [9.17, 15) is 4.79 Å². The SMILES string of the molecule is COc1cccc(C2CCN(C(=O)[C@@H](C)N)CC2)c1.Cl. The van der Waals surface area contributed by atoms with Crippen LogP contribution in [-0.4, -0.2) is 37.0 Å². The number of amides is 1. The molecule has 0 spiro atoms. The number of piperidine rings is 1. The van der Waals surface area contributed by atoms with E-state index in [1.165, 1.54) is 5.56 Å². The minimum atomic E-state index is -0.395. The maximum absolute atomic E-state index is 11.8. The van der Waals surface area contributed by atoms with Gasteiger partial charge in [0.2, 0.25) is 5.91 Å². The van der Waals surface area contributed by atoms with Gasteiger partial charge in [-0.05, 0) is 43.4 Å². The molecule has 1 atom stereocenters. The number of rotatable bonds is 3. The molecule has 0 aliphatic carbocycles. The zero-order valence-electron chi connectivity index (χ0n) is 12.0. The number of methoxy groups -OCH3 is 1. The average Bonchev–Trinajstić information content (AvgIpc) is 2.46. The Morgan fingerprint density at radius 3 is 2.60 bits per heavy atom. The summed E-state index contributed by atoms with van der Waals surface area (Å²) in [6, 6.07) is 7.81. The number of ether oxygens (including phenoxy) is 1. The number of hydrogen-bond donors (Lipinski definition) is 1. The molecule has 20 heavy (non-hydrogen) atoms. The van der Waals surface area contributed by atoms with Crippen molar-refractivity contribution in [3.05, 3.63) is 29.8 Å². The normalized spacial score (nSPS) is 17.2. The number of hydrogen-bond acceptors (Lipinski definition) is 3. The highest BCUT2D eigenvalue weighted by Gasteiger charge is 2.25. The van der Waals surface area contributed by atoms with Gasteiger partial charge in [0.15, 0.2) is 0 Å². The monoisotopic (exact) mass is 298 g/mol. The lowest BCUT2D eigenvalue weighted by Gasteiger charge is -2.33. The molecule has 0 bridgehead atoms. The van der Waals surface area contributed by atoms with Gasteiger partial charge in [0.25, 0.3) is 0 Å². The fourth-order valence-corrected chi connectivity index (χ4v) is 2.62. The number of carbonyl (C=O) groups excluding carboxylic acids is 1. The van der Waals surface area contributed by atoms with Crippen molar-refractivity contribution in [2.75, 3.05) is 20.2 Å². The number of nitrogens with zero attached hydrogens (tertiary/aromatic N) is 1. The molecular formula is C15H23ClN2O2. The van der Waals surface area contributed by atoms with E-state index < -0.39 is 6.04 Å². The molecule has 4 nitrogen and oxygen atoms in total. The van der Waals surface area contributed by atoms with Crippen LogP contribution in [0.4, 0.5) is 0 Å². The molecule has 0 saturated carbocycles. The quantitative estimate of drug-likeness (QED) is 0.930. The maximum atomic E-state index is 11.8. The molecule has 1 aromatic carbocycles. The predicted molar refractivity (Wildman–Crippen MR) is 82.4 cm³/mol. The summed E-state index contributed by atoms with van der Waals surface area (Å²) < 4.78 is 5.26. The lowest BCUT2D eigenvalue weighted by molar-refractivity contribution is -0.133. The largest absolute Gasteiger partial charge is 0.497 e. The average molecular weight is 299 g/mol. The highest BCUT2D eigenvalue weighted by Crippen LogP contribution is 2.30. The number of benzene rings is 1. The zero-order chi connectivity index (χ0) is 13.8. The third-order valence-electron chi connectivity index (χ3n) is 3.76. The lowest BCUT2D eigenvalue weighted by atomic mass is 9.89. The van der Waals surface area contributed by atoms with Crippen molar-refractivity contribution >= 4 is 18.3 Å². The third-order valence-corrected chi connectivity index (χ3v) is 3.76. The van der Waals surface area contributed by atoms with Crippen LogP contribution in [0.2, 0.25) is 0 Å². The Kier molecular flexibility index (Phi) is 6.30. The van der Waals surface area contributed by atoms with Gasteiger partial charge in [-0.2, -0.15) is 0 Å². The molecule has 2 N–H and O–H groups in total. The highest BCUT2D eigenvalue weighted by atomic mass is 35.5. The first-order valence-corrected chi connectivity index (χ1v) is 6.80. The zero-order valence-corrected chi connectivity index (χ0v) is 12.9. The second-order valence-electron chi connectivity index (χ2n) is 5.16. The Morgan fingerprint density at radius 1 is 1.40 bits per heavy atom. The van der Waals surface area contributed by atoms with Gasteiger partial charge in [0.1, 0.15) is 5.75 Å². The van der Waals surface area contributed by atoms with Crippen LogP contribution in [0.25, 0.3) is 0 Å². The molecule has 2 rings (SSSR count). The Morgan fingerprint density at radius 2 is 2.05 bits per heavy atom. The molecule has 0 unspecified atom stereocenters. The Labute approximate surface area is 126 Å². The summed E-state index contributed by atoms with van der Waals surface area (Å²) in [6.45, 7) is 3.33. The van der Waals surface area contributed by atoms with Crippen LogP contribution in [-0.2, 0) is 4.79 Å². The smallest absolute Gasteiger partial charge is 0.239 e. The number of likely N-dealkylation sites (tertiary alicyclic amines) is 1. The second kappa shape index (κ2) is 7.50. The van der Waals surface area contributed by atoms with Crippen LogP contribution in [0.3, 0.4) is 0 Å². The molecule has 0 aromatic heterocycles. The van der Waals surface area contributed by atoms with Gasteiger partial charge in [-0.3, -0.25) is 4.79 Å². The number of nitrogens with two attached hydrogens (primary N) is 1. The van der Waals surface area contributed by atoms with Crippen molar-refractivity contribution in [2.45, 2.75) is 31.7 Å². The molecule has 1 saturated heterocycles. The topological polar surface area (TPSA) is 55.6 Å². The lowest BCUT2D eigenvalue weighted by Crippen LogP contribution is -2.45. The van der Waals surface area contributed by atoms with Crippen LogP contribution in [0.1, 0.15) is 31.2 Å². The van der Waals surface area contributed by atoms with E-state index >= 15 is 0 Å². The number of halogens is 1. The van der Waals surface area contributed by atoms with Crippen LogP contribution >= 0.6 is 12.4 Å². The van der Waals surface area contributed by atoms with Crippen molar-refractivity contribution in [1.82, 2.24) is 4.90 Å². The van der Waals surface area contributed by atoms with E-state index in [4.69, 9.17) is 10.5 Å². The molecule has 0 radical (unpaired) electrons. The molecule has 1 aliphatic heterocycles. The number of carbonyl (C=O) groups is 1. The molecule has 112 valence electrons. The molecule has 1 heterocycles. The molecule has 1 amide bonds. The van der Waals surface area contributed by atoms with E-state index in [0.29, 0.717) is 5.92 Å². The van der Waals surface area contributed by atoms with E-state index in [-0.39, 0.29) is 18.3 Å². The Balaban J connectivity index is 0.00000200. The van der Waals surface area contributed by atoms with Crippen LogP contribution in [0.5, 0.6) is 5.75 Å². The van der Waals surface area contributed by atoms with Gasteiger partial charge >= 0.3 is 0 Å². The second-order valence-corrected chi connectivity index (χ2v) is 5.16. The molecule has 1 aromatic rings. The summed E-state index contributed by atoms with van der Waals surface area (Å²) in [5.74, 6) is 1.46. The van der Waals surface area contributed by atoms with Crippen molar-refractivity contribution in [1.29, 1.82) is 0 Å². The summed E-state index contributed by atoms with van der Waals surface area (Å²) in [4.78, 5) is 13.7. The first-order chi connectivity index (χ1) is 9.11. The minimum Gasteiger partial charge on any atom is -0.497 e. The van der Waals surface area contributed by atoms with Crippen LogP contribution < -0.4 is 10.5 Å². The summed E-state index contributed by atoms with van der Waals surface area (Å²) in [5, 5.41) is 0. The Hall–Kier alpha value is -1.26. The van der Waals surface area contributed by atoms with Gasteiger partial charge in [-0.1, -0.05) is 12.1 Å². The summed E-state index contributed by atoms with van der Waals surface area (Å²) in [7, 11) is 1.68. The van der Waals surface area contributed by atoms with Crippen molar-refractivity contribution in [3.8, 4) is 5.75 Å². The van der Waals surface area contributed by atoms with Crippen LogP contribution in [0, 0.1) is 0 Å². The van der Waals surface area contributed by atoms with Gasteiger partial charge < -0.3 is 15.4 Å². The van der Waals surface area contributed by atoms with E-state index in [2.05, 4.69) is 12.1 Å². The van der Waals surface area contributed by atoms with Gasteiger partial charge in [0, 0.05) is 13.1 Å².